The van der Waals surface area contributed by atoms with Gasteiger partial charge in [-0.2, -0.15) is 17.5 Å². The number of sulfonamides is 1. The third-order valence-electron chi connectivity index (χ3n) is 4.69. The summed E-state index contributed by atoms with van der Waals surface area (Å²) >= 11 is 6.02. The number of hydrogen-bond donors (Lipinski definition) is 1. The third-order valence-corrected chi connectivity index (χ3v) is 7.07. The van der Waals surface area contributed by atoms with E-state index >= 15 is 0 Å². The van der Waals surface area contributed by atoms with E-state index in [-0.39, 0.29) is 15.5 Å². The minimum atomic E-state index is -4.68. The highest BCUT2D eigenvalue weighted by atomic mass is 35.5. The number of benzene rings is 2. The van der Waals surface area contributed by atoms with Crippen LogP contribution in [0.1, 0.15) is 28.8 Å². The molecule has 0 bridgehead atoms. The number of carbonyl (C=O) groups excluding carboxylic acids is 2. The quantitative estimate of drug-likeness (QED) is 0.619. The Hall–Kier alpha value is -2.63. The molecule has 7 nitrogen and oxygen atoms in total. The highest BCUT2D eigenvalue weighted by molar-refractivity contribution is 7.89. The molecular weight excluding hydrogens is 473 g/mol. The normalized spacial score (nSPS) is 14.9. The summed E-state index contributed by atoms with van der Waals surface area (Å²) < 4.78 is 70.6. The molecule has 0 aliphatic carbocycles. The second kappa shape index (κ2) is 9.47. The lowest BCUT2D eigenvalue weighted by molar-refractivity contribution is -0.137. The molecule has 172 valence electrons. The van der Waals surface area contributed by atoms with Gasteiger partial charge in [-0.15, -0.1) is 0 Å². The largest absolute Gasteiger partial charge is 0.452 e. The van der Waals surface area contributed by atoms with E-state index in [1.54, 1.807) is 0 Å². The summed E-state index contributed by atoms with van der Waals surface area (Å²) in [5.74, 6) is -2.02. The number of para-hydroxylation sites is 1. The zero-order chi connectivity index (χ0) is 23.5. The number of alkyl halides is 3. The Bertz CT molecular complexity index is 1130. The lowest BCUT2D eigenvalue weighted by Crippen LogP contribution is -2.28. The molecule has 1 fully saturated rings. The van der Waals surface area contributed by atoms with E-state index in [4.69, 9.17) is 16.3 Å². The summed E-state index contributed by atoms with van der Waals surface area (Å²) in [4.78, 5) is 24.0. The minimum absolute atomic E-state index is 0.0741. The fourth-order valence-electron chi connectivity index (χ4n) is 3.14. The Labute approximate surface area is 187 Å². The molecule has 2 aromatic rings. The van der Waals surface area contributed by atoms with Gasteiger partial charge in [0.05, 0.1) is 21.8 Å². The lowest BCUT2D eigenvalue weighted by Gasteiger charge is -2.17. The first-order valence-corrected chi connectivity index (χ1v) is 11.2. The molecule has 1 N–H and O–H groups in total. The molecular formula is C20H18ClF3N2O5S. The Morgan fingerprint density at radius 3 is 2.41 bits per heavy atom. The van der Waals surface area contributed by atoms with Crippen molar-refractivity contribution < 1.29 is 35.9 Å². The van der Waals surface area contributed by atoms with Crippen LogP contribution in [-0.2, 0) is 25.7 Å². The van der Waals surface area contributed by atoms with Gasteiger partial charge >= 0.3 is 12.1 Å². The van der Waals surface area contributed by atoms with Gasteiger partial charge in [0.1, 0.15) is 4.90 Å². The maximum absolute atomic E-state index is 13.0. The number of hydrogen-bond acceptors (Lipinski definition) is 5. The van der Waals surface area contributed by atoms with Crippen LogP contribution in [0.3, 0.4) is 0 Å². The number of nitrogens with zero attached hydrogens (tertiary/aromatic N) is 1. The van der Waals surface area contributed by atoms with Gasteiger partial charge in [0.2, 0.25) is 10.0 Å². The molecule has 2 aromatic carbocycles. The molecule has 1 heterocycles. The molecule has 1 aliphatic rings. The number of nitrogens with one attached hydrogen (secondary N) is 1. The van der Waals surface area contributed by atoms with Crippen molar-refractivity contribution in [1.29, 1.82) is 0 Å². The molecule has 0 atom stereocenters. The topological polar surface area (TPSA) is 92.8 Å². The van der Waals surface area contributed by atoms with Gasteiger partial charge in [0.25, 0.3) is 5.91 Å². The first-order valence-electron chi connectivity index (χ1n) is 9.43. The maximum Gasteiger partial charge on any atom is 0.418 e. The van der Waals surface area contributed by atoms with Crippen LogP contribution < -0.4 is 5.32 Å². The number of halogens is 4. The van der Waals surface area contributed by atoms with Gasteiger partial charge in [-0.3, -0.25) is 4.79 Å². The first-order chi connectivity index (χ1) is 15.0. The standard InChI is InChI=1S/C20H18ClF3N2O5S/c21-15-8-7-13(11-17(15)32(29,30)26-9-3-4-10-26)19(28)31-12-18(27)25-16-6-2-1-5-14(16)20(22,23)24/h1-2,5-8,11H,3-4,9-10,12H2,(H,25,27). The van der Waals surface area contributed by atoms with Crippen LogP contribution in [-0.4, -0.2) is 44.3 Å². The highest BCUT2D eigenvalue weighted by Crippen LogP contribution is 2.34. The molecule has 0 unspecified atom stereocenters. The van der Waals surface area contributed by atoms with Crippen molar-refractivity contribution in [1.82, 2.24) is 4.31 Å². The number of anilines is 1. The summed E-state index contributed by atoms with van der Waals surface area (Å²) in [6, 6.07) is 7.86. The lowest BCUT2D eigenvalue weighted by atomic mass is 10.1. The molecule has 0 aromatic heterocycles. The van der Waals surface area contributed by atoms with Crippen LogP contribution in [0.5, 0.6) is 0 Å². The number of rotatable bonds is 6. The molecule has 1 amide bonds. The molecule has 0 radical (unpaired) electrons. The van der Waals surface area contributed by atoms with Gasteiger partial charge in [0.15, 0.2) is 6.61 Å². The molecule has 12 heteroatoms. The van der Waals surface area contributed by atoms with Crippen LogP contribution in [0.4, 0.5) is 18.9 Å². The SMILES string of the molecule is O=C(COC(=O)c1ccc(Cl)c(S(=O)(=O)N2CCCC2)c1)Nc1ccccc1C(F)(F)F. The highest BCUT2D eigenvalue weighted by Gasteiger charge is 2.34. The van der Waals surface area contributed by atoms with Gasteiger partial charge in [-0.05, 0) is 43.2 Å². The van der Waals surface area contributed by atoms with Crippen molar-refractivity contribution in [3.05, 3.63) is 58.6 Å². The van der Waals surface area contributed by atoms with Gasteiger partial charge in [-0.1, -0.05) is 23.7 Å². The zero-order valence-corrected chi connectivity index (χ0v) is 18.1. The Morgan fingerprint density at radius 2 is 1.75 bits per heavy atom. The predicted octanol–water partition coefficient (Wildman–Crippen LogP) is 3.94. The van der Waals surface area contributed by atoms with Crippen molar-refractivity contribution >= 4 is 39.2 Å². The van der Waals surface area contributed by atoms with Gasteiger partial charge < -0.3 is 10.1 Å². The Kier molecular flexibility index (Phi) is 7.11. The van der Waals surface area contributed by atoms with Crippen molar-refractivity contribution in [2.45, 2.75) is 23.9 Å². The Morgan fingerprint density at radius 1 is 1.09 bits per heavy atom. The smallest absolute Gasteiger partial charge is 0.418 e. The van der Waals surface area contributed by atoms with E-state index in [9.17, 15) is 31.2 Å². The second-order valence-electron chi connectivity index (χ2n) is 6.92. The minimum Gasteiger partial charge on any atom is -0.452 e. The van der Waals surface area contributed by atoms with Crippen molar-refractivity contribution in [3.8, 4) is 0 Å². The van der Waals surface area contributed by atoms with Crippen LogP contribution in [0.25, 0.3) is 0 Å². The molecule has 32 heavy (non-hydrogen) atoms. The molecule has 1 saturated heterocycles. The second-order valence-corrected chi connectivity index (χ2v) is 9.24. The summed E-state index contributed by atoms with van der Waals surface area (Å²) in [5.41, 5.74) is -1.70. The van der Waals surface area contributed by atoms with Crippen LogP contribution >= 0.6 is 11.6 Å². The molecule has 0 spiro atoms. The first kappa shape index (κ1) is 24.0. The average Bonchev–Trinajstić information content (AvgIpc) is 3.28. The third kappa shape index (κ3) is 5.40. The van der Waals surface area contributed by atoms with E-state index in [1.165, 1.54) is 28.6 Å². The molecule has 1 aliphatic heterocycles. The van der Waals surface area contributed by atoms with Crippen LogP contribution in [0, 0.1) is 0 Å². The van der Waals surface area contributed by atoms with Gasteiger partial charge in [0, 0.05) is 13.1 Å². The van der Waals surface area contributed by atoms with Crippen molar-refractivity contribution in [2.24, 2.45) is 0 Å². The zero-order valence-electron chi connectivity index (χ0n) is 16.5. The van der Waals surface area contributed by atoms with Crippen LogP contribution in [0.2, 0.25) is 5.02 Å². The van der Waals surface area contributed by atoms with Crippen molar-refractivity contribution in [3.63, 3.8) is 0 Å². The van der Waals surface area contributed by atoms with E-state index in [2.05, 4.69) is 0 Å². The number of carbonyl (C=O) groups is 2. The summed E-state index contributed by atoms with van der Waals surface area (Å²) in [6.07, 6.45) is -3.25. The fourth-order valence-corrected chi connectivity index (χ4v) is 5.15. The maximum atomic E-state index is 13.0. The van der Waals surface area contributed by atoms with E-state index in [1.807, 2.05) is 5.32 Å². The predicted molar refractivity (Wildman–Crippen MR) is 110 cm³/mol. The molecule has 0 saturated carbocycles. The number of amides is 1. The fraction of sp³-hybridized carbons (Fsp3) is 0.300. The average molecular weight is 491 g/mol. The van der Waals surface area contributed by atoms with E-state index in [0.29, 0.717) is 25.9 Å². The summed E-state index contributed by atoms with van der Waals surface area (Å²) in [6.45, 7) is -0.193. The number of ether oxygens (including phenoxy) is 1. The van der Waals surface area contributed by atoms with E-state index < -0.39 is 45.9 Å². The summed E-state index contributed by atoms with van der Waals surface area (Å²) in [5, 5.41) is 1.97. The number of esters is 1. The molecule has 3 rings (SSSR count). The van der Waals surface area contributed by atoms with Crippen molar-refractivity contribution in [2.75, 3.05) is 25.0 Å². The monoisotopic (exact) mass is 490 g/mol. The Balaban J connectivity index is 1.69. The van der Waals surface area contributed by atoms with E-state index in [0.717, 1.165) is 18.2 Å². The van der Waals surface area contributed by atoms with Gasteiger partial charge in [-0.25, -0.2) is 13.2 Å². The summed E-state index contributed by atoms with van der Waals surface area (Å²) in [7, 11) is -3.91. The van der Waals surface area contributed by atoms with Crippen LogP contribution in [0.15, 0.2) is 47.4 Å².